The number of anilines is 2. The van der Waals surface area contributed by atoms with Crippen LogP contribution in [0, 0.1) is 5.82 Å². The summed E-state index contributed by atoms with van der Waals surface area (Å²) in [6, 6.07) is 30.5. The number of benzene rings is 5. The second kappa shape index (κ2) is 14.6. The number of carboxylic acid groups (broad SMARTS) is 1. The number of carbonyl (C=O) groups is 2. The molecule has 0 saturated heterocycles. The molecule has 11 heteroatoms. The summed E-state index contributed by atoms with van der Waals surface area (Å²) in [4.78, 5) is 24.3. The number of phenols is 1. The maximum absolute atomic E-state index is 14.8. The monoisotopic (exact) mass is 654 g/mol. The van der Waals surface area contributed by atoms with Gasteiger partial charge in [-0.05, 0) is 89.7 Å². The van der Waals surface area contributed by atoms with Gasteiger partial charge in [-0.1, -0.05) is 54.6 Å². The van der Waals surface area contributed by atoms with Gasteiger partial charge in [-0.2, -0.15) is 0 Å². The Morgan fingerprint density at radius 3 is 2.32 bits per heavy atom. The van der Waals surface area contributed by atoms with Crippen LogP contribution in [0.25, 0.3) is 11.1 Å². The summed E-state index contributed by atoms with van der Waals surface area (Å²) < 4.78 is 48.4. The third kappa shape index (κ3) is 8.95. The van der Waals surface area contributed by atoms with E-state index >= 15 is 0 Å². The second-order valence-corrected chi connectivity index (χ2v) is 12.4. The summed E-state index contributed by atoms with van der Waals surface area (Å²) in [5.41, 5.74) is 3.55. The van der Waals surface area contributed by atoms with Crippen molar-refractivity contribution in [1.29, 1.82) is 0 Å². The molecular weight excluding hydrogens is 623 g/mol. The number of aromatic hydroxyl groups is 1. The van der Waals surface area contributed by atoms with Crippen LogP contribution >= 0.6 is 0 Å². The fourth-order valence-electron chi connectivity index (χ4n) is 4.92. The Kier molecular flexibility index (Phi) is 10.2. The molecule has 0 atom stereocenters. The smallest absolute Gasteiger partial charge is 0.335 e. The lowest BCUT2D eigenvalue weighted by Crippen LogP contribution is -2.17. The molecule has 240 valence electrons. The topological polar surface area (TPSA) is 142 Å². The molecule has 0 unspecified atom stereocenters. The van der Waals surface area contributed by atoms with E-state index < -0.39 is 33.5 Å². The first-order valence-electron chi connectivity index (χ1n) is 14.6. The van der Waals surface area contributed by atoms with E-state index in [2.05, 4.69) is 10.0 Å². The third-order valence-corrected chi connectivity index (χ3v) is 8.41. The molecule has 0 saturated carbocycles. The Hall–Kier alpha value is -5.68. The van der Waals surface area contributed by atoms with E-state index in [1.807, 2.05) is 12.1 Å². The number of amides is 1. The molecule has 47 heavy (non-hydrogen) atoms. The highest BCUT2D eigenvalue weighted by molar-refractivity contribution is 7.91. The van der Waals surface area contributed by atoms with Crippen LogP contribution in [0.4, 0.5) is 15.8 Å². The highest BCUT2D eigenvalue weighted by Gasteiger charge is 2.18. The molecule has 0 radical (unpaired) electrons. The molecule has 0 aliphatic carbocycles. The number of carbonyl (C=O) groups excluding carboxylic acids is 1. The van der Waals surface area contributed by atoms with E-state index in [0.717, 1.165) is 16.7 Å². The summed E-state index contributed by atoms with van der Waals surface area (Å²) >= 11 is 0. The molecule has 0 aliphatic heterocycles. The maximum atomic E-state index is 14.8. The first kappa shape index (κ1) is 32.7. The van der Waals surface area contributed by atoms with Crippen LogP contribution in [-0.4, -0.2) is 37.1 Å². The standard InChI is InChI=1S/C36H31FN2O7S/c37-33-22-29(38-35(41)27-10-4-9-26(21-27)25-13-16-31(40)17-14-25)15-18-34(33)46-19-5-7-24-6-3-11-30(20-24)39-47(44,45)23-28-8-1-2-12-32(28)36(42)43/h1-4,6,8-18,20-22,39-40H,5,7,19,23H2,(H,38,41)(H,42,43). The van der Waals surface area contributed by atoms with Crippen LogP contribution < -0.4 is 14.8 Å². The van der Waals surface area contributed by atoms with Gasteiger partial charge in [-0.15, -0.1) is 0 Å². The Morgan fingerprint density at radius 1 is 0.787 bits per heavy atom. The summed E-state index contributed by atoms with van der Waals surface area (Å²) in [6.45, 7) is 0.189. The number of hydrogen-bond donors (Lipinski definition) is 4. The van der Waals surface area contributed by atoms with Crippen molar-refractivity contribution in [2.24, 2.45) is 0 Å². The molecule has 4 N–H and O–H groups in total. The zero-order valence-corrected chi connectivity index (χ0v) is 25.8. The number of ether oxygens (including phenoxy) is 1. The number of nitrogens with one attached hydrogen (secondary N) is 2. The predicted molar refractivity (Wildman–Crippen MR) is 178 cm³/mol. The summed E-state index contributed by atoms with van der Waals surface area (Å²) in [6.07, 6.45) is 1.04. The fraction of sp³-hybridized carbons (Fsp3) is 0.111. The first-order chi connectivity index (χ1) is 22.6. The highest BCUT2D eigenvalue weighted by atomic mass is 32.2. The normalized spacial score (nSPS) is 11.1. The first-order valence-corrected chi connectivity index (χ1v) is 16.3. The lowest BCUT2D eigenvalue weighted by molar-refractivity contribution is 0.0695. The Balaban J connectivity index is 1.12. The Morgan fingerprint density at radius 2 is 1.55 bits per heavy atom. The van der Waals surface area contributed by atoms with Crippen molar-refractivity contribution in [2.45, 2.75) is 18.6 Å². The van der Waals surface area contributed by atoms with Crippen molar-refractivity contribution in [3.63, 3.8) is 0 Å². The Labute approximate surface area is 271 Å². The van der Waals surface area contributed by atoms with Gasteiger partial charge in [0.05, 0.1) is 17.9 Å². The molecular formula is C36H31FN2O7S. The molecule has 5 aromatic carbocycles. The highest BCUT2D eigenvalue weighted by Crippen LogP contribution is 2.25. The van der Waals surface area contributed by atoms with Gasteiger partial charge in [0.15, 0.2) is 11.6 Å². The fourth-order valence-corrected chi connectivity index (χ4v) is 6.14. The van der Waals surface area contributed by atoms with Crippen LogP contribution in [0.3, 0.4) is 0 Å². The minimum Gasteiger partial charge on any atom is -0.508 e. The molecule has 0 aliphatic rings. The average molecular weight is 655 g/mol. The van der Waals surface area contributed by atoms with E-state index in [1.165, 1.54) is 30.3 Å². The van der Waals surface area contributed by atoms with Crippen molar-refractivity contribution in [2.75, 3.05) is 16.6 Å². The summed E-state index contributed by atoms with van der Waals surface area (Å²) in [7, 11) is -3.88. The number of rotatable bonds is 13. The van der Waals surface area contributed by atoms with Crippen molar-refractivity contribution in [3.05, 3.63) is 143 Å². The zero-order valence-electron chi connectivity index (χ0n) is 25.0. The minimum absolute atomic E-state index is 0.0282. The quantitative estimate of drug-likeness (QED) is 0.0992. The lowest BCUT2D eigenvalue weighted by Gasteiger charge is -2.12. The second-order valence-electron chi connectivity index (χ2n) is 10.7. The van der Waals surface area contributed by atoms with Gasteiger partial charge in [-0.3, -0.25) is 9.52 Å². The molecule has 1 amide bonds. The van der Waals surface area contributed by atoms with Crippen LogP contribution in [0.5, 0.6) is 11.5 Å². The van der Waals surface area contributed by atoms with Gasteiger partial charge in [0.1, 0.15) is 5.75 Å². The van der Waals surface area contributed by atoms with Gasteiger partial charge in [0, 0.05) is 23.0 Å². The van der Waals surface area contributed by atoms with Crippen LogP contribution in [0.1, 0.15) is 38.3 Å². The third-order valence-electron chi connectivity index (χ3n) is 7.18. The molecule has 0 spiro atoms. The number of halogens is 1. The lowest BCUT2D eigenvalue weighted by atomic mass is 10.0. The van der Waals surface area contributed by atoms with Crippen LogP contribution in [0.15, 0.2) is 115 Å². The zero-order chi connectivity index (χ0) is 33.4. The number of phenolic OH excluding ortho intramolecular Hbond substituents is 1. The average Bonchev–Trinajstić information content (AvgIpc) is 3.04. The van der Waals surface area contributed by atoms with Crippen molar-refractivity contribution in [3.8, 4) is 22.6 Å². The summed E-state index contributed by atoms with van der Waals surface area (Å²) in [5.74, 6) is -2.57. The van der Waals surface area contributed by atoms with Crippen molar-refractivity contribution in [1.82, 2.24) is 0 Å². The van der Waals surface area contributed by atoms with E-state index in [9.17, 15) is 32.6 Å². The molecule has 0 fully saturated rings. The Bertz CT molecular complexity index is 2010. The van der Waals surface area contributed by atoms with Gasteiger partial charge in [0.25, 0.3) is 5.91 Å². The maximum Gasteiger partial charge on any atom is 0.335 e. The predicted octanol–water partition coefficient (Wildman–Crippen LogP) is 7.10. The number of carboxylic acids is 1. The molecule has 0 heterocycles. The summed E-state index contributed by atoms with van der Waals surface area (Å²) in [5, 5.41) is 21.6. The minimum atomic E-state index is -3.88. The van der Waals surface area contributed by atoms with Crippen LogP contribution in [0.2, 0.25) is 0 Å². The SMILES string of the molecule is O=C(Nc1ccc(OCCCc2cccc(NS(=O)(=O)Cc3ccccc3C(=O)O)c2)c(F)c1)c1cccc(-c2ccc(O)cc2)c1. The van der Waals surface area contributed by atoms with Gasteiger partial charge >= 0.3 is 5.97 Å². The molecule has 5 rings (SSSR count). The van der Waals surface area contributed by atoms with Crippen molar-refractivity contribution >= 4 is 33.3 Å². The van der Waals surface area contributed by atoms with Gasteiger partial charge in [-0.25, -0.2) is 17.6 Å². The number of aryl methyl sites for hydroxylation is 1. The van der Waals surface area contributed by atoms with Gasteiger partial charge < -0.3 is 20.3 Å². The molecule has 5 aromatic rings. The van der Waals surface area contributed by atoms with E-state index in [1.54, 1.807) is 72.8 Å². The number of sulfonamides is 1. The molecule has 0 bridgehead atoms. The molecule has 9 nitrogen and oxygen atoms in total. The van der Waals surface area contributed by atoms with Crippen molar-refractivity contribution < 1.29 is 37.3 Å². The number of hydrogen-bond acceptors (Lipinski definition) is 6. The van der Waals surface area contributed by atoms with Crippen LogP contribution in [-0.2, 0) is 22.2 Å². The van der Waals surface area contributed by atoms with E-state index in [4.69, 9.17) is 4.74 Å². The van der Waals surface area contributed by atoms with Gasteiger partial charge in [0.2, 0.25) is 10.0 Å². The number of aromatic carboxylic acids is 1. The molecule has 0 aromatic heterocycles. The van der Waals surface area contributed by atoms with E-state index in [-0.39, 0.29) is 34.9 Å². The largest absolute Gasteiger partial charge is 0.508 e. The van der Waals surface area contributed by atoms with E-state index in [0.29, 0.717) is 24.1 Å².